The molecule has 1 atom stereocenters. The predicted octanol–water partition coefficient (Wildman–Crippen LogP) is 1.79. The van der Waals surface area contributed by atoms with E-state index >= 15 is 0 Å². The van der Waals surface area contributed by atoms with Gasteiger partial charge in [-0.2, -0.15) is 0 Å². The highest BCUT2D eigenvalue weighted by atomic mass is 19.1. The van der Waals surface area contributed by atoms with E-state index in [0.717, 1.165) is 12.1 Å². The number of primary amides is 1. The fourth-order valence-corrected chi connectivity index (χ4v) is 1.97. The van der Waals surface area contributed by atoms with Crippen molar-refractivity contribution in [2.45, 2.75) is 12.5 Å². The van der Waals surface area contributed by atoms with Crippen molar-refractivity contribution in [3.8, 4) is 0 Å². The van der Waals surface area contributed by atoms with Crippen LogP contribution in [0.15, 0.2) is 48.5 Å². The van der Waals surface area contributed by atoms with E-state index in [2.05, 4.69) is 5.32 Å². The highest BCUT2D eigenvalue weighted by Gasteiger charge is 2.19. The second-order valence-electron chi connectivity index (χ2n) is 4.77. The molecule has 0 saturated carbocycles. The van der Waals surface area contributed by atoms with Crippen LogP contribution in [0.5, 0.6) is 0 Å². The van der Waals surface area contributed by atoms with Crippen LogP contribution >= 0.6 is 0 Å². The lowest BCUT2D eigenvalue weighted by Gasteiger charge is -2.15. The van der Waals surface area contributed by atoms with E-state index in [1.54, 1.807) is 6.07 Å². The van der Waals surface area contributed by atoms with Gasteiger partial charge in [0.25, 0.3) is 5.91 Å². The molecule has 2 aromatic rings. The Morgan fingerprint density at radius 1 is 1.05 bits per heavy atom. The molecule has 0 aliphatic carbocycles. The number of halogens is 2. The fourth-order valence-electron chi connectivity index (χ4n) is 1.97. The fraction of sp³-hybridized carbons (Fsp3) is 0.125. The topological polar surface area (TPSA) is 72.2 Å². The third-order valence-electron chi connectivity index (χ3n) is 3.08. The minimum Gasteiger partial charge on any atom is -0.368 e. The van der Waals surface area contributed by atoms with Crippen LogP contribution in [-0.4, -0.2) is 17.9 Å². The summed E-state index contributed by atoms with van der Waals surface area (Å²) in [4.78, 5) is 23.5. The summed E-state index contributed by atoms with van der Waals surface area (Å²) < 4.78 is 26.0. The quantitative estimate of drug-likeness (QED) is 0.884. The van der Waals surface area contributed by atoms with Crippen molar-refractivity contribution in [1.29, 1.82) is 0 Å². The smallest absolute Gasteiger partial charge is 0.251 e. The molecule has 0 heterocycles. The van der Waals surface area contributed by atoms with E-state index in [9.17, 15) is 18.4 Å². The molecule has 2 amide bonds. The molecule has 0 bridgehead atoms. The Hall–Kier alpha value is -2.76. The summed E-state index contributed by atoms with van der Waals surface area (Å²) in [5, 5.41) is 2.46. The average Bonchev–Trinajstić information content (AvgIpc) is 2.47. The van der Waals surface area contributed by atoms with Crippen LogP contribution in [0.1, 0.15) is 15.9 Å². The number of hydrogen-bond acceptors (Lipinski definition) is 2. The van der Waals surface area contributed by atoms with Gasteiger partial charge in [0.15, 0.2) is 0 Å². The predicted molar refractivity (Wildman–Crippen MR) is 77.0 cm³/mol. The maximum absolute atomic E-state index is 13.1. The van der Waals surface area contributed by atoms with Crippen LogP contribution in [0.2, 0.25) is 0 Å². The van der Waals surface area contributed by atoms with Crippen molar-refractivity contribution < 1.29 is 18.4 Å². The molecule has 0 unspecified atom stereocenters. The Labute approximate surface area is 125 Å². The number of carbonyl (C=O) groups excluding carboxylic acids is 2. The summed E-state index contributed by atoms with van der Waals surface area (Å²) >= 11 is 0. The summed E-state index contributed by atoms with van der Waals surface area (Å²) in [5.41, 5.74) is 6.00. The van der Waals surface area contributed by atoms with Gasteiger partial charge in [0.05, 0.1) is 0 Å². The average molecular weight is 304 g/mol. The minimum absolute atomic E-state index is 0.0695. The number of hydrogen-bond donors (Lipinski definition) is 2. The molecule has 6 heteroatoms. The number of benzene rings is 2. The minimum atomic E-state index is -0.987. The summed E-state index contributed by atoms with van der Waals surface area (Å²) in [7, 11) is 0. The summed E-state index contributed by atoms with van der Waals surface area (Å²) in [6.07, 6.45) is 0.0695. The van der Waals surface area contributed by atoms with Crippen LogP contribution in [0.4, 0.5) is 8.78 Å². The Morgan fingerprint density at radius 2 is 1.73 bits per heavy atom. The van der Waals surface area contributed by atoms with E-state index in [-0.39, 0.29) is 12.0 Å². The highest BCUT2D eigenvalue weighted by Crippen LogP contribution is 2.08. The molecule has 0 saturated heterocycles. The zero-order valence-electron chi connectivity index (χ0n) is 11.6. The summed E-state index contributed by atoms with van der Waals surface area (Å²) in [6.45, 7) is 0. The Morgan fingerprint density at radius 3 is 2.32 bits per heavy atom. The Balaban J connectivity index is 2.10. The second-order valence-corrected chi connectivity index (χ2v) is 4.77. The van der Waals surface area contributed by atoms with E-state index in [1.165, 1.54) is 30.3 Å². The lowest BCUT2D eigenvalue weighted by atomic mass is 10.0. The molecular formula is C16H14F2N2O2. The Bertz CT molecular complexity index is 687. The zero-order chi connectivity index (χ0) is 16.1. The van der Waals surface area contributed by atoms with Crippen LogP contribution in [0.25, 0.3) is 0 Å². The van der Waals surface area contributed by atoms with Crippen molar-refractivity contribution in [1.82, 2.24) is 5.32 Å². The molecule has 114 valence electrons. The van der Waals surface area contributed by atoms with Gasteiger partial charge in [0.1, 0.15) is 17.7 Å². The number of carbonyl (C=O) groups is 2. The van der Waals surface area contributed by atoms with Crippen LogP contribution in [0, 0.1) is 11.6 Å². The van der Waals surface area contributed by atoms with Crippen molar-refractivity contribution in [2.75, 3.05) is 0 Å². The largest absolute Gasteiger partial charge is 0.368 e. The molecule has 2 rings (SSSR count). The molecule has 0 aliphatic rings. The molecule has 3 N–H and O–H groups in total. The first kappa shape index (κ1) is 15.6. The molecule has 0 radical (unpaired) electrons. The highest BCUT2D eigenvalue weighted by molar-refractivity contribution is 5.97. The van der Waals surface area contributed by atoms with Gasteiger partial charge >= 0.3 is 0 Å². The molecule has 0 aromatic heterocycles. The maximum atomic E-state index is 13.1. The first-order valence-electron chi connectivity index (χ1n) is 6.56. The molecular weight excluding hydrogens is 290 g/mol. The standard InChI is InChI=1S/C16H14F2N2O2/c17-12-6-4-11(5-7-12)16(22)20-14(15(19)21)9-10-2-1-3-13(18)8-10/h1-8,14H,9H2,(H2,19,21)(H,20,22)/t14-/m1/s1. The molecule has 0 spiro atoms. The normalized spacial score (nSPS) is 11.7. The van der Waals surface area contributed by atoms with Gasteiger partial charge in [-0.05, 0) is 42.0 Å². The van der Waals surface area contributed by atoms with Crippen molar-refractivity contribution >= 4 is 11.8 Å². The van der Waals surface area contributed by atoms with Gasteiger partial charge in [-0.15, -0.1) is 0 Å². The SMILES string of the molecule is NC(=O)[C@@H](Cc1cccc(F)c1)NC(=O)c1ccc(F)cc1. The number of nitrogens with two attached hydrogens (primary N) is 1. The molecule has 0 fully saturated rings. The number of amides is 2. The van der Waals surface area contributed by atoms with Gasteiger partial charge in [0, 0.05) is 12.0 Å². The first-order valence-corrected chi connectivity index (χ1v) is 6.56. The van der Waals surface area contributed by atoms with Crippen molar-refractivity contribution in [3.05, 3.63) is 71.3 Å². The van der Waals surface area contributed by atoms with E-state index in [1.807, 2.05) is 0 Å². The lowest BCUT2D eigenvalue weighted by molar-refractivity contribution is -0.119. The monoisotopic (exact) mass is 304 g/mol. The third kappa shape index (κ3) is 4.12. The van der Waals surface area contributed by atoms with Crippen LogP contribution in [-0.2, 0) is 11.2 Å². The van der Waals surface area contributed by atoms with Crippen LogP contribution in [0.3, 0.4) is 0 Å². The van der Waals surface area contributed by atoms with Gasteiger partial charge in [-0.25, -0.2) is 8.78 Å². The van der Waals surface area contributed by atoms with Gasteiger partial charge in [0.2, 0.25) is 5.91 Å². The second kappa shape index (κ2) is 6.80. The molecule has 0 aliphatic heterocycles. The first-order chi connectivity index (χ1) is 10.5. The number of nitrogens with one attached hydrogen (secondary N) is 1. The summed E-state index contributed by atoms with van der Waals surface area (Å²) in [5.74, 6) is -2.20. The zero-order valence-corrected chi connectivity index (χ0v) is 11.6. The third-order valence-corrected chi connectivity index (χ3v) is 3.08. The van der Waals surface area contributed by atoms with E-state index < -0.39 is 29.5 Å². The van der Waals surface area contributed by atoms with Crippen molar-refractivity contribution in [3.63, 3.8) is 0 Å². The molecule has 2 aromatic carbocycles. The van der Waals surface area contributed by atoms with Crippen LogP contribution < -0.4 is 11.1 Å². The van der Waals surface area contributed by atoms with E-state index in [0.29, 0.717) is 5.56 Å². The van der Waals surface area contributed by atoms with Gasteiger partial charge < -0.3 is 11.1 Å². The molecule has 4 nitrogen and oxygen atoms in total. The van der Waals surface area contributed by atoms with Crippen molar-refractivity contribution in [2.24, 2.45) is 5.73 Å². The summed E-state index contributed by atoms with van der Waals surface area (Å²) in [6, 6.07) is 9.56. The van der Waals surface area contributed by atoms with E-state index in [4.69, 9.17) is 5.73 Å². The lowest BCUT2D eigenvalue weighted by Crippen LogP contribution is -2.45. The van der Waals surface area contributed by atoms with Gasteiger partial charge in [-0.1, -0.05) is 12.1 Å². The number of rotatable bonds is 5. The molecule has 22 heavy (non-hydrogen) atoms. The Kier molecular flexibility index (Phi) is 4.83. The maximum Gasteiger partial charge on any atom is 0.251 e. The van der Waals surface area contributed by atoms with Gasteiger partial charge in [-0.3, -0.25) is 9.59 Å².